The lowest BCUT2D eigenvalue weighted by Crippen LogP contribution is -2.18. The Morgan fingerprint density at radius 3 is 2.48 bits per heavy atom. The summed E-state index contributed by atoms with van der Waals surface area (Å²) in [7, 11) is 0. The minimum atomic E-state index is -1.54. The van der Waals surface area contributed by atoms with Crippen LogP contribution in [0.4, 0.5) is 4.39 Å². The summed E-state index contributed by atoms with van der Waals surface area (Å²) >= 11 is 12.3. The van der Waals surface area contributed by atoms with Gasteiger partial charge in [-0.15, -0.1) is 0 Å². The van der Waals surface area contributed by atoms with Crippen LogP contribution >= 0.6 is 23.2 Å². The standard InChI is InChI=1S/C15H20Cl2FNO2/c1-2-4-13(18)21-14(20)8-7-10(9-19)15-11(16)5-3-6-12(15)17/h3,5-6,10,13H,2,4,7-9,19H2,1H3. The number of nitrogens with two attached hydrogens (primary N) is 1. The van der Waals surface area contributed by atoms with Gasteiger partial charge in [0.15, 0.2) is 0 Å². The van der Waals surface area contributed by atoms with Crippen LogP contribution in [0.5, 0.6) is 0 Å². The van der Waals surface area contributed by atoms with Crippen molar-refractivity contribution in [1.82, 2.24) is 0 Å². The lowest BCUT2D eigenvalue weighted by molar-refractivity contribution is -0.158. The number of hydrogen-bond acceptors (Lipinski definition) is 3. The van der Waals surface area contributed by atoms with Crippen LogP contribution in [0.3, 0.4) is 0 Å². The third kappa shape index (κ3) is 5.81. The minimum absolute atomic E-state index is 0.0769. The summed E-state index contributed by atoms with van der Waals surface area (Å²) in [6.45, 7) is 2.12. The molecular weight excluding hydrogens is 316 g/mol. The first-order valence-corrected chi connectivity index (χ1v) is 7.72. The van der Waals surface area contributed by atoms with Crippen LogP contribution in [0.2, 0.25) is 10.0 Å². The first kappa shape index (κ1) is 18.2. The molecule has 0 aliphatic carbocycles. The van der Waals surface area contributed by atoms with Gasteiger partial charge in [0.05, 0.1) is 0 Å². The van der Waals surface area contributed by atoms with E-state index in [1.165, 1.54) is 0 Å². The van der Waals surface area contributed by atoms with E-state index in [1.807, 2.05) is 6.92 Å². The molecule has 3 nitrogen and oxygen atoms in total. The Labute approximate surface area is 134 Å². The molecule has 1 aromatic carbocycles. The summed E-state index contributed by atoms with van der Waals surface area (Å²) in [5, 5.41) is 1.03. The number of carbonyl (C=O) groups is 1. The molecular formula is C15H20Cl2FNO2. The van der Waals surface area contributed by atoms with Crippen molar-refractivity contribution in [3.8, 4) is 0 Å². The second kappa shape index (κ2) is 9.23. The molecule has 0 saturated heterocycles. The fraction of sp³-hybridized carbons (Fsp3) is 0.533. The van der Waals surface area contributed by atoms with Gasteiger partial charge in [-0.05, 0) is 43.0 Å². The molecule has 0 radical (unpaired) electrons. The Bertz CT molecular complexity index is 451. The number of hydrogen-bond donors (Lipinski definition) is 1. The highest BCUT2D eigenvalue weighted by Crippen LogP contribution is 2.33. The van der Waals surface area contributed by atoms with Crippen molar-refractivity contribution in [3.63, 3.8) is 0 Å². The molecule has 2 unspecified atom stereocenters. The molecule has 1 rings (SSSR count). The quantitative estimate of drug-likeness (QED) is 0.713. The molecule has 0 heterocycles. The fourth-order valence-corrected chi connectivity index (χ4v) is 2.77. The average Bonchev–Trinajstić information content (AvgIpc) is 2.42. The van der Waals surface area contributed by atoms with Crippen LogP contribution in [-0.2, 0) is 9.53 Å². The van der Waals surface area contributed by atoms with E-state index in [0.717, 1.165) is 5.56 Å². The maximum atomic E-state index is 13.2. The van der Waals surface area contributed by atoms with Gasteiger partial charge in [-0.2, -0.15) is 0 Å². The second-order valence-electron chi connectivity index (χ2n) is 4.80. The maximum Gasteiger partial charge on any atom is 0.308 e. The van der Waals surface area contributed by atoms with Gasteiger partial charge in [-0.3, -0.25) is 4.79 Å². The van der Waals surface area contributed by atoms with E-state index < -0.39 is 12.3 Å². The van der Waals surface area contributed by atoms with E-state index in [2.05, 4.69) is 4.74 Å². The zero-order valence-electron chi connectivity index (χ0n) is 12.0. The summed E-state index contributed by atoms with van der Waals surface area (Å²) < 4.78 is 17.9. The predicted molar refractivity (Wildman–Crippen MR) is 83.4 cm³/mol. The number of ether oxygens (including phenoxy) is 1. The third-order valence-electron chi connectivity index (χ3n) is 3.16. The number of benzene rings is 1. The van der Waals surface area contributed by atoms with Crippen molar-refractivity contribution in [2.75, 3.05) is 6.54 Å². The van der Waals surface area contributed by atoms with Crippen molar-refractivity contribution in [2.24, 2.45) is 5.73 Å². The molecule has 0 amide bonds. The van der Waals surface area contributed by atoms with Crippen LogP contribution in [0.1, 0.15) is 44.1 Å². The molecule has 6 heteroatoms. The van der Waals surface area contributed by atoms with E-state index in [9.17, 15) is 9.18 Å². The molecule has 1 aromatic rings. The maximum absolute atomic E-state index is 13.2. The van der Waals surface area contributed by atoms with Crippen molar-refractivity contribution >= 4 is 29.2 Å². The van der Waals surface area contributed by atoms with E-state index in [-0.39, 0.29) is 18.8 Å². The van der Waals surface area contributed by atoms with Gasteiger partial charge in [-0.1, -0.05) is 36.2 Å². The lowest BCUT2D eigenvalue weighted by atomic mass is 9.94. The molecule has 0 spiro atoms. The Morgan fingerprint density at radius 1 is 1.33 bits per heavy atom. The van der Waals surface area contributed by atoms with Gasteiger partial charge in [0, 0.05) is 22.9 Å². The first-order chi connectivity index (χ1) is 9.99. The van der Waals surface area contributed by atoms with Crippen LogP contribution in [-0.4, -0.2) is 18.9 Å². The third-order valence-corrected chi connectivity index (χ3v) is 3.82. The zero-order chi connectivity index (χ0) is 15.8. The summed E-state index contributed by atoms with van der Waals surface area (Å²) in [6.07, 6.45) is -0.217. The Balaban J connectivity index is 2.61. The molecule has 118 valence electrons. The van der Waals surface area contributed by atoms with Gasteiger partial charge in [0.25, 0.3) is 0 Å². The predicted octanol–water partition coefficient (Wildman–Crippen LogP) is 4.45. The molecule has 0 fully saturated rings. The van der Waals surface area contributed by atoms with Gasteiger partial charge >= 0.3 is 5.97 Å². The van der Waals surface area contributed by atoms with E-state index in [4.69, 9.17) is 28.9 Å². The Hall–Kier alpha value is -0.840. The first-order valence-electron chi connectivity index (χ1n) is 6.97. The molecule has 0 aromatic heterocycles. The van der Waals surface area contributed by atoms with Crippen LogP contribution < -0.4 is 5.73 Å². The largest absolute Gasteiger partial charge is 0.431 e. The SMILES string of the molecule is CCCC(F)OC(=O)CCC(CN)c1c(Cl)cccc1Cl. The second-order valence-corrected chi connectivity index (χ2v) is 5.61. The molecule has 0 aliphatic rings. The minimum Gasteiger partial charge on any atom is -0.431 e. The van der Waals surface area contributed by atoms with Gasteiger partial charge in [0.1, 0.15) is 0 Å². The topological polar surface area (TPSA) is 52.3 Å². The van der Waals surface area contributed by atoms with Crippen molar-refractivity contribution in [2.45, 2.75) is 44.9 Å². The lowest BCUT2D eigenvalue weighted by Gasteiger charge is -2.18. The molecule has 2 atom stereocenters. The number of rotatable bonds is 8. The summed E-state index contributed by atoms with van der Waals surface area (Å²) in [6, 6.07) is 5.19. The van der Waals surface area contributed by atoms with Gasteiger partial charge in [0.2, 0.25) is 6.36 Å². The molecule has 0 aliphatic heterocycles. The van der Waals surface area contributed by atoms with E-state index in [0.29, 0.717) is 29.4 Å². The smallest absolute Gasteiger partial charge is 0.308 e. The van der Waals surface area contributed by atoms with Crippen molar-refractivity contribution in [1.29, 1.82) is 0 Å². The van der Waals surface area contributed by atoms with Crippen molar-refractivity contribution in [3.05, 3.63) is 33.8 Å². The normalized spacial score (nSPS) is 13.8. The van der Waals surface area contributed by atoms with Crippen LogP contribution in [0.25, 0.3) is 0 Å². The number of esters is 1. The highest BCUT2D eigenvalue weighted by Gasteiger charge is 2.19. The van der Waals surface area contributed by atoms with Gasteiger partial charge in [-0.25, -0.2) is 4.39 Å². The monoisotopic (exact) mass is 335 g/mol. The summed E-state index contributed by atoms with van der Waals surface area (Å²) in [4.78, 5) is 11.6. The number of halogens is 3. The van der Waals surface area contributed by atoms with Crippen LogP contribution in [0, 0.1) is 0 Å². The summed E-state index contributed by atoms with van der Waals surface area (Å²) in [5.41, 5.74) is 6.46. The van der Waals surface area contributed by atoms with Gasteiger partial charge < -0.3 is 10.5 Å². The zero-order valence-corrected chi connectivity index (χ0v) is 13.5. The van der Waals surface area contributed by atoms with Crippen LogP contribution in [0.15, 0.2) is 18.2 Å². The highest BCUT2D eigenvalue weighted by molar-refractivity contribution is 6.36. The molecule has 2 N–H and O–H groups in total. The molecule has 0 bridgehead atoms. The summed E-state index contributed by atoms with van der Waals surface area (Å²) in [5.74, 6) is -0.736. The molecule has 0 saturated carbocycles. The van der Waals surface area contributed by atoms with Crippen molar-refractivity contribution < 1.29 is 13.9 Å². The highest BCUT2D eigenvalue weighted by atomic mass is 35.5. The Kier molecular flexibility index (Phi) is 8.01. The fourth-order valence-electron chi connectivity index (χ4n) is 2.06. The van der Waals surface area contributed by atoms with E-state index >= 15 is 0 Å². The van der Waals surface area contributed by atoms with E-state index in [1.54, 1.807) is 18.2 Å². The average molecular weight is 336 g/mol. The number of carbonyl (C=O) groups excluding carboxylic acids is 1. The Morgan fingerprint density at radius 2 is 1.95 bits per heavy atom. The molecule has 21 heavy (non-hydrogen) atoms. The number of alkyl halides is 1.